The maximum Gasteiger partial charge on any atom is 0.338 e. The number of aromatic nitrogens is 2. The fourth-order valence-electron chi connectivity index (χ4n) is 3.43. The van der Waals surface area contributed by atoms with Crippen molar-refractivity contribution in [3.8, 4) is 0 Å². The maximum absolute atomic E-state index is 13.7. The highest BCUT2D eigenvalue weighted by atomic mass is 19.1. The van der Waals surface area contributed by atoms with Crippen LogP contribution < -0.4 is 16.1 Å². The molecule has 0 radical (unpaired) electrons. The van der Waals surface area contributed by atoms with E-state index >= 15 is 0 Å². The second kappa shape index (κ2) is 7.98. The summed E-state index contributed by atoms with van der Waals surface area (Å²) in [6, 6.07) is 5.48. The Bertz CT molecular complexity index is 1250. The van der Waals surface area contributed by atoms with Crippen molar-refractivity contribution in [2.24, 2.45) is 0 Å². The van der Waals surface area contributed by atoms with Crippen molar-refractivity contribution < 1.29 is 33.4 Å². The number of hydrogen-bond donors (Lipinski definition) is 2. The number of nitrogens with one attached hydrogen (secondary N) is 1. The molecule has 0 saturated carbocycles. The average molecular weight is 445 g/mol. The summed E-state index contributed by atoms with van der Waals surface area (Å²) in [7, 11) is 0. The molecular formula is C20H16FN3O8. The number of halogens is 1. The van der Waals surface area contributed by atoms with Gasteiger partial charge in [0.05, 0.1) is 23.6 Å². The van der Waals surface area contributed by atoms with Crippen LogP contribution in [0, 0.1) is 5.82 Å². The lowest BCUT2D eigenvalue weighted by Crippen LogP contribution is -2.40. The topological polar surface area (TPSA) is 148 Å². The van der Waals surface area contributed by atoms with Crippen molar-refractivity contribution in [2.45, 2.75) is 31.5 Å². The summed E-state index contributed by atoms with van der Waals surface area (Å²) in [4.78, 5) is 62.5. The zero-order valence-corrected chi connectivity index (χ0v) is 16.4. The van der Waals surface area contributed by atoms with Crippen LogP contribution >= 0.6 is 0 Å². The van der Waals surface area contributed by atoms with Crippen LogP contribution in [0.15, 0.2) is 52.2 Å². The molecule has 0 aliphatic carbocycles. The van der Waals surface area contributed by atoms with Gasteiger partial charge in [0.2, 0.25) is 5.82 Å². The maximum atomic E-state index is 13.7. The Morgan fingerprint density at radius 2 is 1.88 bits per heavy atom. The molecule has 2 aliphatic heterocycles. The van der Waals surface area contributed by atoms with Crippen molar-refractivity contribution in [3.05, 3.63) is 74.8 Å². The number of carbonyl (C=O) groups is 3. The van der Waals surface area contributed by atoms with Crippen LogP contribution in [0.4, 0.5) is 10.1 Å². The quantitative estimate of drug-likeness (QED) is 0.478. The van der Waals surface area contributed by atoms with Crippen LogP contribution in [0.5, 0.6) is 0 Å². The van der Waals surface area contributed by atoms with E-state index < -0.39 is 59.4 Å². The summed E-state index contributed by atoms with van der Waals surface area (Å²) >= 11 is 0. The number of amides is 2. The molecule has 2 amide bonds. The second-order valence-corrected chi connectivity index (χ2v) is 7.13. The highest BCUT2D eigenvalue weighted by molar-refractivity contribution is 6.28. The molecule has 2 N–H and O–H groups in total. The molecule has 12 heteroatoms. The summed E-state index contributed by atoms with van der Waals surface area (Å²) in [6.07, 6.45) is -2.34. The van der Waals surface area contributed by atoms with Gasteiger partial charge < -0.3 is 14.6 Å². The third kappa shape index (κ3) is 3.65. The van der Waals surface area contributed by atoms with Gasteiger partial charge in [0.1, 0.15) is 6.10 Å². The summed E-state index contributed by atoms with van der Waals surface area (Å²) in [6.45, 7) is 1.46. The lowest BCUT2D eigenvalue weighted by molar-refractivity contribution is -0.120. The number of hydrogen-bond acceptors (Lipinski definition) is 8. The molecule has 0 spiro atoms. The predicted octanol–water partition coefficient (Wildman–Crippen LogP) is -0.391. The number of anilines is 1. The molecular weight excluding hydrogens is 429 g/mol. The number of benzene rings is 1. The van der Waals surface area contributed by atoms with Gasteiger partial charge in [-0.1, -0.05) is 6.07 Å². The zero-order chi connectivity index (χ0) is 23.2. The number of rotatable bonds is 4. The van der Waals surface area contributed by atoms with Gasteiger partial charge in [-0.3, -0.25) is 23.9 Å². The van der Waals surface area contributed by atoms with Gasteiger partial charge in [0.15, 0.2) is 12.3 Å². The lowest BCUT2D eigenvalue weighted by atomic mass is 10.1. The van der Waals surface area contributed by atoms with E-state index in [4.69, 9.17) is 9.47 Å². The van der Waals surface area contributed by atoms with E-state index in [0.29, 0.717) is 10.8 Å². The molecule has 0 bridgehead atoms. The molecule has 32 heavy (non-hydrogen) atoms. The van der Waals surface area contributed by atoms with E-state index in [2.05, 4.69) is 0 Å². The zero-order valence-electron chi connectivity index (χ0n) is 16.4. The molecule has 4 rings (SSSR count). The smallest absolute Gasteiger partial charge is 0.338 e. The summed E-state index contributed by atoms with van der Waals surface area (Å²) in [5.41, 5.74) is -2.18. The van der Waals surface area contributed by atoms with Gasteiger partial charge >= 0.3 is 11.7 Å². The fraction of sp³-hybridized carbons (Fsp3) is 0.250. The SMILES string of the molecule is C[C@H]1O[C@@H](n2cc(F)c(=O)[nH]c2=O)[C@H](OC(=O)c2cccc(N3C(=O)C=CC3=O)c2)[C@@H]1O. The number of aliphatic hydroxyl groups excluding tert-OH is 1. The first-order chi connectivity index (χ1) is 15.2. The van der Waals surface area contributed by atoms with E-state index in [9.17, 15) is 33.5 Å². The fourth-order valence-corrected chi connectivity index (χ4v) is 3.43. The number of aliphatic hydroxyl groups is 1. The van der Waals surface area contributed by atoms with Gasteiger partial charge in [-0.25, -0.2) is 14.5 Å². The van der Waals surface area contributed by atoms with Crippen molar-refractivity contribution in [2.75, 3.05) is 4.90 Å². The highest BCUT2D eigenvalue weighted by Gasteiger charge is 2.46. The minimum absolute atomic E-state index is 0.0551. The molecule has 0 unspecified atom stereocenters. The Labute approximate surface area is 178 Å². The Morgan fingerprint density at radius 3 is 2.56 bits per heavy atom. The van der Waals surface area contributed by atoms with Crippen molar-refractivity contribution >= 4 is 23.5 Å². The van der Waals surface area contributed by atoms with Crippen LogP contribution in [-0.4, -0.2) is 50.8 Å². The van der Waals surface area contributed by atoms with Gasteiger partial charge in [0, 0.05) is 12.2 Å². The molecule has 1 saturated heterocycles. The van der Waals surface area contributed by atoms with E-state index in [1.807, 2.05) is 0 Å². The Kier molecular flexibility index (Phi) is 5.32. The number of carbonyl (C=O) groups excluding carboxylic acids is 3. The summed E-state index contributed by atoms with van der Waals surface area (Å²) < 4.78 is 25.2. The molecule has 2 aromatic rings. The minimum Gasteiger partial charge on any atom is -0.451 e. The standard InChI is InChI=1S/C20H16FN3O8/c1-9-15(27)16(18(31-9)23-8-12(21)17(28)22-20(23)30)32-19(29)10-3-2-4-11(7-10)24-13(25)5-6-14(24)26/h2-9,15-16,18,27H,1H3,(H,22,28,30)/t9-,15-,16-,18-/m1/s1. The predicted molar refractivity (Wildman–Crippen MR) is 104 cm³/mol. The number of esters is 1. The lowest BCUT2D eigenvalue weighted by Gasteiger charge is -2.22. The molecule has 4 atom stereocenters. The van der Waals surface area contributed by atoms with E-state index in [1.54, 1.807) is 4.98 Å². The molecule has 11 nitrogen and oxygen atoms in total. The molecule has 1 aromatic carbocycles. The number of imide groups is 1. The van der Waals surface area contributed by atoms with Crippen LogP contribution in [-0.2, 0) is 19.1 Å². The van der Waals surface area contributed by atoms with Crippen molar-refractivity contribution in [3.63, 3.8) is 0 Å². The van der Waals surface area contributed by atoms with Crippen molar-refractivity contribution in [1.29, 1.82) is 0 Å². The third-order valence-electron chi connectivity index (χ3n) is 5.04. The number of ether oxygens (including phenoxy) is 2. The number of H-pyrrole nitrogens is 1. The normalized spacial score (nSPS) is 24.9. The van der Waals surface area contributed by atoms with E-state index in [0.717, 1.165) is 17.1 Å². The second-order valence-electron chi connectivity index (χ2n) is 7.13. The van der Waals surface area contributed by atoms with Crippen LogP contribution in [0.2, 0.25) is 0 Å². The summed E-state index contributed by atoms with van der Waals surface area (Å²) in [5.74, 6) is -3.38. The third-order valence-corrected chi connectivity index (χ3v) is 5.04. The first-order valence-electron chi connectivity index (χ1n) is 9.39. The molecule has 2 aliphatic rings. The van der Waals surface area contributed by atoms with Gasteiger partial charge in [-0.2, -0.15) is 4.39 Å². The van der Waals surface area contributed by atoms with Crippen LogP contribution in [0.1, 0.15) is 23.5 Å². The van der Waals surface area contributed by atoms with E-state index in [-0.39, 0.29) is 11.3 Å². The monoisotopic (exact) mass is 445 g/mol. The Balaban J connectivity index is 1.62. The highest BCUT2D eigenvalue weighted by Crippen LogP contribution is 2.31. The molecule has 1 aromatic heterocycles. The summed E-state index contributed by atoms with van der Waals surface area (Å²) in [5, 5.41) is 10.4. The number of aromatic amines is 1. The van der Waals surface area contributed by atoms with Crippen LogP contribution in [0.3, 0.4) is 0 Å². The van der Waals surface area contributed by atoms with E-state index in [1.165, 1.54) is 31.2 Å². The largest absolute Gasteiger partial charge is 0.451 e. The first-order valence-corrected chi connectivity index (χ1v) is 9.39. The van der Waals surface area contributed by atoms with Gasteiger partial charge in [-0.05, 0) is 25.1 Å². The Morgan fingerprint density at radius 1 is 1.19 bits per heavy atom. The van der Waals surface area contributed by atoms with Crippen molar-refractivity contribution in [1.82, 2.24) is 9.55 Å². The van der Waals surface area contributed by atoms with Gasteiger partial charge in [-0.15, -0.1) is 0 Å². The first kappa shape index (κ1) is 21.3. The average Bonchev–Trinajstić information content (AvgIpc) is 3.23. The minimum atomic E-state index is -1.43. The van der Waals surface area contributed by atoms with Crippen LogP contribution in [0.25, 0.3) is 0 Å². The molecule has 3 heterocycles. The molecule has 1 fully saturated rings. The Hall–Kier alpha value is -3.90. The number of nitrogens with zero attached hydrogens (tertiary/aromatic N) is 2. The van der Waals surface area contributed by atoms with Gasteiger partial charge in [0.25, 0.3) is 17.4 Å². The molecule has 166 valence electrons.